The second-order valence-electron chi connectivity index (χ2n) is 7.68. The minimum absolute atomic E-state index is 0.0170. The number of carbonyl (C=O) groups excluding carboxylic acids is 2. The van der Waals surface area contributed by atoms with Crippen LogP contribution in [0.25, 0.3) is 11.1 Å². The lowest BCUT2D eigenvalue weighted by atomic mass is 9.97. The highest BCUT2D eigenvalue weighted by molar-refractivity contribution is 6.30. The second kappa shape index (κ2) is 9.85. The predicted molar refractivity (Wildman–Crippen MR) is 123 cm³/mol. The average molecular weight is 451 g/mol. The first-order valence-corrected chi connectivity index (χ1v) is 10.8. The molecular formula is C25H23ClN2O4. The molecule has 0 aliphatic carbocycles. The fourth-order valence-electron chi connectivity index (χ4n) is 3.69. The Bertz CT molecular complexity index is 1130. The molecule has 0 spiro atoms. The first-order chi connectivity index (χ1) is 15.5. The summed E-state index contributed by atoms with van der Waals surface area (Å²) in [6.07, 6.45) is 1.65. The van der Waals surface area contributed by atoms with Crippen LogP contribution in [0, 0.1) is 5.92 Å². The molecule has 164 valence electrons. The Labute approximate surface area is 191 Å². The van der Waals surface area contributed by atoms with E-state index in [1.807, 2.05) is 6.07 Å². The van der Waals surface area contributed by atoms with Gasteiger partial charge in [0.15, 0.2) is 0 Å². The van der Waals surface area contributed by atoms with Gasteiger partial charge in [-0.2, -0.15) is 0 Å². The molecule has 1 aliphatic heterocycles. The highest BCUT2D eigenvalue weighted by atomic mass is 35.5. The maximum atomic E-state index is 12.9. The number of nitrogens with one attached hydrogen (secondary N) is 2. The van der Waals surface area contributed by atoms with Gasteiger partial charge in [0.2, 0.25) is 5.91 Å². The summed E-state index contributed by atoms with van der Waals surface area (Å²) < 4.78 is 5.89. The van der Waals surface area contributed by atoms with Gasteiger partial charge < -0.3 is 15.2 Å². The number of hydrogen-bond donors (Lipinski definition) is 3. The van der Waals surface area contributed by atoms with Gasteiger partial charge in [-0.1, -0.05) is 23.7 Å². The van der Waals surface area contributed by atoms with Crippen LogP contribution in [0.3, 0.4) is 0 Å². The topological polar surface area (TPSA) is 87.7 Å². The van der Waals surface area contributed by atoms with Gasteiger partial charge >= 0.3 is 0 Å². The number of aromatic hydroxyl groups is 1. The van der Waals surface area contributed by atoms with Crippen molar-refractivity contribution in [1.29, 1.82) is 0 Å². The molecule has 0 bridgehead atoms. The van der Waals surface area contributed by atoms with Crippen molar-refractivity contribution in [3.8, 4) is 28.4 Å². The molecule has 1 aliphatic rings. The van der Waals surface area contributed by atoms with E-state index in [-0.39, 0.29) is 17.6 Å². The highest BCUT2D eigenvalue weighted by Gasteiger charge is 2.24. The largest absolute Gasteiger partial charge is 0.508 e. The van der Waals surface area contributed by atoms with Crippen molar-refractivity contribution in [3.05, 3.63) is 77.3 Å². The minimum atomic E-state index is -0.500. The highest BCUT2D eigenvalue weighted by Crippen LogP contribution is 2.32. The fraction of sp³-hybridized carbons (Fsp3) is 0.200. The van der Waals surface area contributed by atoms with Crippen LogP contribution in [-0.4, -0.2) is 30.0 Å². The number of phenols is 1. The van der Waals surface area contributed by atoms with E-state index in [4.69, 9.17) is 16.3 Å². The lowest BCUT2D eigenvalue weighted by molar-refractivity contribution is -0.124. The average Bonchev–Trinajstić information content (AvgIpc) is 2.81. The third-order valence-electron chi connectivity index (χ3n) is 5.35. The molecule has 1 heterocycles. The molecule has 3 N–H and O–H groups in total. The quantitative estimate of drug-likeness (QED) is 0.488. The van der Waals surface area contributed by atoms with Gasteiger partial charge in [-0.3, -0.25) is 14.9 Å². The van der Waals surface area contributed by atoms with Crippen LogP contribution in [0.15, 0.2) is 66.7 Å². The predicted octanol–water partition coefficient (Wildman–Crippen LogP) is 4.76. The first-order valence-electron chi connectivity index (χ1n) is 10.4. The Morgan fingerprint density at radius 3 is 2.59 bits per heavy atom. The summed E-state index contributed by atoms with van der Waals surface area (Å²) in [4.78, 5) is 25.5. The second-order valence-corrected chi connectivity index (χ2v) is 8.11. The molecule has 3 aromatic rings. The van der Waals surface area contributed by atoms with E-state index in [0.717, 1.165) is 19.4 Å². The number of hydrogen-bond acceptors (Lipinski definition) is 5. The minimum Gasteiger partial charge on any atom is -0.508 e. The summed E-state index contributed by atoms with van der Waals surface area (Å²) in [5, 5.41) is 16.3. The molecular weight excluding hydrogens is 428 g/mol. The third kappa shape index (κ3) is 5.28. The van der Waals surface area contributed by atoms with Gasteiger partial charge in [-0.25, -0.2) is 0 Å². The maximum absolute atomic E-state index is 12.9. The molecule has 3 aromatic carbocycles. The van der Waals surface area contributed by atoms with Gasteiger partial charge in [0, 0.05) is 17.1 Å². The van der Waals surface area contributed by atoms with Crippen molar-refractivity contribution in [2.24, 2.45) is 5.92 Å². The molecule has 4 rings (SSSR count). The van der Waals surface area contributed by atoms with Crippen LogP contribution < -0.4 is 15.4 Å². The molecule has 2 amide bonds. The Balaban J connectivity index is 1.58. The summed E-state index contributed by atoms with van der Waals surface area (Å²) in [6, 6.07) is 18.6. The van der Waals surface area contributed by atoms with Crippen molar-refractivity contribution in [1.82, 2.24) is 10.6 Å². The molecule has 6 nitrogen and oxygen atoms in total. The van der Waals surface area contributed by atoms with Crippen LogP contribution in [0.2, 0.25) is 5.02 Å². The smallest absolute Gasteiger partial charge is 0.258 e. The molecule has 1 unspecified atom stereocenters. The molecule has 1 saturated heterocycles. The normalized spacial score (nSPS) is 15.7. The van der Waals surface area contributed by atoms with E-state index in [0.29, 0.717) is 39.8 Å². The van der Waals surface area contributed by atoms with Crippen LogP contribution in [0.4, 0.5) is 0 Å². The number of carbonyl (C=O) groups is 2. The summed E-state index contributed by atoms with van der Waals surface area (Å²) in [6.45, 7) is 1.44. The fourth-order valence-corrected chi connectivity index (χ4v) is 3.82. The maximum Gasteiger partial charge on any atom is 0.258 e. The van der Waals surface area contributed by atoms with Crippen LogP contribution in [0.1, 0.15) is 23.2 Å². The summed E-state index contributed by atoms with van der Waals surface area (Å²) in [7, 11) is 0. The zero-order chi connectivity index (χ0) is 22.5. The van der Waals surface area contributed by atoms with Gasteiger partial charge in [-0.05, 0) is 85.1 Å². The molecule has 0 radical (unpaired) electrons. The SMILES string of the molecule is O=C(NC(=O)C1CCCNC1)c1ccc(O)cc1-c1cccc(Oc2ccc(Cl)cc2)c1. The van der Waals surface area contributed by atoms with Crippen molar-refractivity contribution in [3.63, 3.8) is 0 Å². The Morgan fingerprint density at radius 2 is 1.84 bits per heavy atom. The monoisotopic (exact) mass is 450 g/mol. The van der Waals surface area contributed by atoms with Crippen LogP contribution in [0.5, 0.6) is 17.2 Å². The molecule has 32 heavy (non-hydrogen) atoms. The van der Waals surface area contributed by atoms with E-state index in [1.54, 1.807) is 42.5 Å². The van der Waals surface area contributed by atoms with Crippen molar-refractivity contribution >= 4 is 23.4 Å². The van der Waals surface area contributed by atoms with Crippen molar-refractivity contribution < 1.29 is 19.4 Å². The Morgan fingerprint density at radius 1 is 1.03 bits per heavy atom. The Hall–Kier alpha value is -3.35. The number of imide groups is 1. The van der Waals surface area contributed by atoms with Crippen molar-refractivity contribution in [2.45, 2.75) is 12.8 Å². The number of piperidine rings is 1. The number of rotatable bonds is 5. The van der Waals surface area contributed by atoms with Gasteiger partial charge in [-0.15, -0.1) is 0 Å². The van der Waals surface area contributed by atoms with Gasteiger partial charge in [0.25, 0.3) is 5.91 Å². The van der Waals surface area contributed by atoms with E-state index in [2.05, 4.69) is 10.6 Å². The van der Waals surface area contributed by atoms with E-state index >= 15 is 0 Å². The number of phenolic OH excluding ortho intramolecular Hbond substituents is 1. The lowest BCUT2D eigenvalue weighted by Gasteiger charge is -2.21. The van der Waals surface area contributed by atoms with Gasteiger partial charge in [0.1, 0.15) is 17.2 Å². The standard InChI is InChI=1S/C25H23ClN2O4/c26-18-6-9-20(10-7-18)32-21-5-1-3-16(13-21)23-14-19(29)8-11-22(23)25(31)28-24(30)17-4-2-12-27-15-17/h1,3,5-11,13-14,17,27,29H,2,4,12,15H2,(H,28,30,31). The van der Waals surface area contributed by atoms with E-state index in [9.17, 15) is 14.7 Å². The van der Waals surface area contributed by atoms with E-state index < -0.39 is 5.91 Å². The van der Waals surface area contributed by atoms with E-state index in [1.165, 1.54) is 18.2 Å². The molecule has 1 fully saturated rings. The van der Waals surface area contributed by atoms with Gasteiger partial charge in [0.05, 0.1) is 5.92 Å². The lowest BCUT2D eigenvalue weighted by Crippen LogP contribution is -2.42. The number of ether oxygens (including phenoxy) is 1. The first kappa shape index (κ1) is 21.9. The Kier molecular flexibility index (Phi) is 6.73. The third-order valence-corrected chi connectivity index (χ3v) is 5.60. The molecule has 1 atom stereocenters. The zero-order valence-electron chi connectivity index (χ0n) is 17.3. The summed E-state index contributed by atoms with van der Waals surface area (Å²) in [5.74, 6) is 0.171. The number of amides is 2. The van der Waals surface area contributed by atoms with Crippen LogP contribution >= 0.6 is 11.6 Å². The summed E-state index contributed by atoms with van der Waals surface area (Å²) >= 11 is 5.92. The number of halogens is 1. The van der Waals surface area contributed by atoms with Crippen molar-refractivity contribution in [2.75, 3.05) is 13.1 Å². The molecule has 0 saturated carbocycles. The number of benzene rings is 3. The zero-order valence-corrected chi connectivity index (χ0v) is 18.1. The molecule has 0 aromatic heterocycles. The van der Waals surface area contributed by atoms with Crippen LogP contribution in [-0.2, 0) is 4.79 Å². The summed E-state index contributed by atoms with van der Waals surface area (Å²) in [5.41, 5.74) is 1.46. The molecule has 7 heteroatoms.